The summed E-state index contributed by atoms with van der Waals surface area (Å²) in [6.45, 7) is 0.0772. The van der Waals surface area contributed by atoms with Crippen molar-refractivity contribution in [2.45, 2.75) is 43.9 Å². The van der Waals surface area contributed by atoms with Gasteiger partial charge in [0.1, 0.15) is 5.82 Å². The van der Waals surface area contributed by atoms with Crippen molar-refractivity contribution < 1.29 is 0 Å². The van der Waals surface area contributed by atoms with Gasteiger partial charge in [-0.3, -0.25) is 9.47 Å². The van der Waals surface area contributed by atoms with E-state index in [1.807, 2.05) is 0 Å². The average Bonchev–Trinajstić information content (AvgIpc) is 3.52. The third kappa shape index (κ3) is 3.58. The first kappa shape index (κ1) is 29.4. The first-order chi connectivity index (χ1) is 26.8. The number of aryl methyl sites for hydroxylation is 5. The number of hydrogen-bond acceptors (Lipinski definition) is 1. The van der Waals surface area contributed by atoms with Gasteiger partial charge in [0, 0.05) is 17.1 Å². The van der Waals surface area contributed by atoms with Gasteiger partial charge in [-0.05, 0) is 141 Å². The van der Waals surface area contributed by atoms with Crippen LogP contribution in [0.3, 0.4) is 0 Å². The van der Waals surface area contributed by atoms with Crippen LogP contribution in [0.5, 0.6) is 0 Å². The molecule has 0 unspecified atom stereocenters. The monoisotopic (exact) mass is 688 g/mol. The van der Waals surface area contributed by atoms with Crippen molar-refractivity contribution in [3.63, 3.8) is 0 Å². The molecule has 0 saturated heterocycles. The van der Waals surface area contributed by atoms with Crippen molar-refractivity contribution in [1.82, 2.24) is 4.57 Å². The third-order valence-corrected chi connectivity index (χ3v) is 13.8. The summed E-state index contributed by atoms with van der Waals surface area (Å²) in [5, 5.41) is 1.34. The minimum absolute atomic E-state index is 0.0772. The van der Waals surface area contributed by atoms with E-state index in [0.717, 1.165) is 25.7 Å². The molecule has 3 aliphatic carbocycles. The van der Waals surface area contributed by atoms with Crippen molar-refractivity contribution in [2.75, 3.05) is 4.90 Å². The molecule has 1 aromatic heterocycles. The molecule has 0 amide bonds. The van der Waals surface area contributed by atoms with E-state index in [9.17, 15) is 0 Å². The van der Waals surface area contributed by atoms with Crippen LogP contribution in [0.15, 0.2) is 152 Å². The Kier molecular flexibility index (Phi) is 5.74. The molecule has 13 rings (SSSR count). The fourth-order valence-electron chi connectivity index (χ4n) is 11.1. The molecule has 0 bridgehead atoms. The van der Waals surface area contributed by atoms with Crippen LogP contribution in [0.2, 0.25) is 0 Å². The van der Waals surface area contributed by atoms with Gasteiger partial charge in [-0.15, -0.1) is 0 Å². The van der Waals surface area contributed by atoms with E-state index in [2.05, 4.69) is 161 Å². The molecule has 2 aliphatic heterocycles. The largest absolute Gasteiger partial charge is 0.297 e. The highest BCUT2D eigenvalue weighted by Crippen LogP contribution is 2.53. The quantitative estimate of drug-likeness (QED) is 0.168. The number of para-hydroxylation sites is 1. The second-order valence-corrected chi connectivity index (χ2v) is 16.2. The molecule has 0 spiro atoms. The molecular weight excluding hydrogens is 651 g/mol. The minimum atomic E-state index is -0.478. The summed E-state index contributed by atoms with van der Waals surface area (Å²) in [5.41, 5.74) is 23.6. The van der Waals surface area contributed by atoms with Crippen molar-refractivity contribution in [3.05, 3.63) is 207 Å². The molecule has 0 N–H and O–H groups in total. The summed E-state index contributed by atoms with van der Waals surface area (Å²) in [6.07, 6.45) is 6.90. The normalized spacial score (nSPS) is 16.1. The van der Waals surface area contributed by atoms with Gasteiger partial charge >= 0.3 is 0 Å². The van der Waals surface area contributed by atoms with Crippen molar-refractivity contribution in [2.24, 2.45) is 0 Å². The number of hydrogen-bond donors (Lipinski definition) is 0. The van der Waals surface area contributed by atoms with Crippen LogP contribution in [0.25, 0.3) is 16.6 Å². The number of fused-ring (bicyclic) bond motifs is 10. The first-order valence-electron chi connectivity index (χ1n) is 19.9. The highest BCUT2D eigenvalue weighted by molar-refractivity contribution is 7.00. The maximum absolute atomic E-state index is 2.73. The highest BCUT2D eigenvalue weighted by Gasteiger charge is 2.54. The summed E-state index contributed by atoms with van der Waals surface area (Å²) in [5.74, 6) is 1.31. The Morgan fingerprint density at radius 1 is 0.463 bits per heavy atom. The summed E-state index contributed by atoms with van der Waals surface area (Å²) in [4.78, 5) is 2.73. The summed E-state index contributed by atoms with van der Waals surface area (Å²) in [6, 6.07) is 58.7. The van der Waals surface area contributed by atoms with Gasteiger partial charge in [-0.25, -0.2) is 0 Å². The number of nitrogens with zero attached hydrogens (tertiary/aromatic N) is 2. The van der Waals surface area contributed by atoms with E-state index in [-0.39, 0.29) is 6.71 Å². The van der Waals surface area contributed by atoms with Crippen LogP contribution in [0.4, 0.5) is 17.2 Å². The summed E-state index contributed by atoms with van der Waals surface area (Å²) < 4.78 is 2.63. The van der Waals surface area contributed by atoms with Crippen LogP contribution in [0.1, 0.15) is 55.6 Å². The molecule has 2 nitrogen and oxygen atoms in total. The van der Waals surface area contributed by atoms with Gasteiger partial charge in [0.15, 0.2) is 0 Å². The Labute approximate surface area is 316 Å². The lowest BCUT2D eigenvalue weighted by atomic mass is 9.29. The van der Waals surface area contributed by atoms with Crippen molar-refractivity contribution in [3.8, 4) is 5.69 Å². The molecule has 3 heterocycles. The fraction of sp³-hybridized carbons (Fsp3) is 0.137. The molecule has 254 valence electrons. The standard InChI is InChI=1S/C51H37BN2/c1-3-11-37(12-4-1)51(38-13-5-2-6-14-38)43-16-8-9-17-45(43)52-47-42-15-7-10-18-46(42)53(39-26-23-32-19-21-34(32)29-39)50(47)54(40-27-24-33-20-22-35(33)30-40)49-41-28-25-36(41)31-44(51)48(49)52/h1-18,23-24,26-27,29-31H,19-22,25,28H2. The van der Waals surface area contributed by atoms with Crippen molar-refractivity contribution in [1.29, 1.82) is 0 Å². The van der Waals surface area contributed by atoms with Gasteiger partial charge in [-0.2, -0.15) is 0 Å². The number of benzene rings is 7. The van der Waals surface area contributed by atoms with E-state index in [1.165, 1.54) is 119 Å². The molecule has 7 aromatic carbocycles. The summed E-state index contributed by atoms with van der Waals surface area (Å²) in [7, 11) is 0. The van der Waals surface area contributed by atoms with E-state index in [4.69, 9.17) is 0 Å². The molecular formula is C51H37BN2. The zero-order valence-corrected chi connectivity index (χ0v) is 30.1. The zero-order valence-electron chi connectivity index (χ0n) is 30.1. The first-order valence-corrected chi connectivity index (χ1v) is 19.9. The lowest BCUT2D eigenvalue weighted by Gasteiger charge is -2.50. The average molecular weight is 689 g/mol. The Morgan fingerprint density at radius 2 is 1.07 bits per heavy atom. The smallest absolute Gasteiger partial charge is 0.250 e. The van der Waals surface area contributed by atoms with Gasteiger partial charge < -0.3 is 0 Å². The lowest BCUT2D eigenvalue weighted by molar-refractivity contribution is 0.738. The Morgan fingerprint density at radius 3 is 1.74 bits per heavy atom. The molecule has 3 heteroatoms. The van der Waals surface area contributed by atoms with Gasteiger partial charge in [-0.1, -0.05) is 127 Å². The minimum Gasteiger partial charge on any atom is -0.297 e. The third-order valence-electron chi connectivity index (χ3n) is 13.8. The Balaban J connectivity index is 1.24. The highest BCUT2D eigenvalue weighted by atomic mass is 15.3. The van der Waals surface area contributed by atoms with Gasteiger partial charge in [0.2, 0.25) is 6.71 Å². The maximum Gasteiger partial charge on any atom is 0.250 e. The molecule has 0 atom stereocenters. The SMILES string of the molecule is c1ccc(C2(c3ccccc3)c3ccccc3B3c4c2cc2c(c4N(c4ccc5c(c4)CC5)c4c3c3ccccc3n4-c3ccc4c(c3)CC4)CC2)cc1. The lowest BCUT2D eigenvalue weighted by Crippen LogP contribution is -2.65. The fourth-order valence-corrected chi connectivity index (χ4v) is 11.1. The van der Waals surface area contributed by atoms with Crippen LogP contribution in [0, 0.1) is 0 Å². The second-order valence-electron chi connectivity index (χ2n) is 16.2. The molecule has 54 heavy (non-hydrogen) atoms. The second kappa shape index (κ2) is 10.5. The molecule has 0 saturated carbocycles. The predicted molar refractivity (Wildman–Crippen MR) is 223 cm³/mol. The van der Waals surface area contributed by atoms with Crippen LogP contribution >= 0.6 is 0 Å². The molecule has 8 aromatic rings. The number of anilines is 3. The Bertz CT molecular complexity index is 2860. The van der Waals surface area contributed by atoms with Crippen LogP contribution in [-0.4, -0.2) is 11.3 Å². The Hall–Kier alpha value is -6.06. The van der Waals surface area contributed by atoms with E-state index >= 15 is 0 Å². The van der Waals surface area contributed by atoms with E-state index < -0.39 is 5.41 Å². The van der Waals surface area contributed by atoms with E-state index in [0.29, 0.717) is 0 Å². The van der Waals surface area contributed by atoms with Crippen LogP contribution < -0.4 is 21.3 Å². The predicted octanol–water partition coefficient (Wildman–Crippen LogP) is 8.92. The maximum atomic E-state index is 2.73. The molecule has 5 aliphatic rings. The topological polar surface area (TPSA) is 8.17 Å². The van der Waals surface area contributed by atoms with Crippen molar-refractivity contribution >= 4 is 51.2 Å². The zero-order chi connectivity index (χ0) is 35.1. The number of aromatic nitrogens is 1. The van der Waals surface area contributed by atoms with Gasteiger partial charge in [0.05, 0.1) is 10.9 Å². The van der Waals surface area contributed by atoms with Gasteiger partial charge in [0.25, 0.3) is 0 Å². The molecule has 0 radical (unpaired) electrons. The van der Waals surface area contributed by atoms with E-state index in [1.54, 1.807) is 0 Å². The van der Waals surface area contributed by atoms with Crippen LogP contribution in [-0.2, 0) is 43.9 Å². The summed E-state index contributed by atoms with van der Waals surface area (Å²) >= 11 is 0. The molecule has 0 fully saturated rings. The number of rotatable bonds is 4.